The van der Waals surface area contributed by atoms with Crippen LogP contribution >= 0.6 is 11.6 Å². The van der Waals surface area contributed by atoms with Crippen molar-refractivity contribution in [2.75, 3.05) is 62.7 Å². The number of nitrogens with zero attached hydrogens (tertiary/aromatic N) is 5. The summed E-state index contributed by atoms with van der Waals surface area (Å²) in [7, 11) is -4.62. The number of hydrogen-bond acceptors (Lipinski definition) is 12. The molecule has 1 amide bonds. The number of piperazine rings is 1. The Morgan fingerprint density at radius 3 is 2.52 bits per heavy atom. The van der Waals surface area contributed by atoms with Gasteiger partial charge in [-0.3, -0.25) is 19.8 Å². The topological polar surface area (TPSA) is 196 Å². The van der Waals surface area contributed by atoms with Crippen LogP contribution in [0.5, 0.6) is 11.5 Å². The molecule has 17 heteroatoms. The number of allylic oxidation sites excluding steroid dienone is 1. The quantitative estimate of drug-likeness (QED) is 0.0754. The summed E-state index contributed by atoms with van der Waals surface area (Å²) in [6.07, 6.45) is 7.33. The summed E-state index contributed by atoms with van der Waals surface area (Å²) in [4.78, 5) is 37.0. The summed E-state index contributed by atoms with van der Waals surface area (Å²) in [6, 6.07) is 22.4. The van der Waals surface area contributed by atoms with Crippen molar-refractivity contribution in [1.29, 1.82) is 5.26 Å². The molecular formula is C46H49ClN8O7S. The van der Waals surface area contributed by atoms with Gasteiger partial charge < -0.3 is 24.7 Å². The monoisotopic (exact) mass is 892 g/mol. The Labute approximate surface area is 371 Å². The van der Waals surface area contributed by atoms with Crippen molar-refractivity contribution >= 4 is 61.2 Å². The number of ether oxygens (including phenoxy) is 2. The van der Waals surface area contributed by atoms with Gasteiger partial charge in [-0.15, -0.1) is 0 Å². The highest BCUT2D eigenvalue weighted by atomic mass is 35.5. The largest absolute Gasteiger partial charge is 0.455 e. The van der Waals surface area contributed by atoms with E-state index in [0.717, 1.165) is 61.1 Å². The van der Waals surface area contributed by atoms with E-state index in [2.05, 4.69) is 61.9 Å². The number of fused-ring (bicyclic) bond motifs is 1. The molecule has 8 rings (SSSR count). The SMILES string of the molecule is CC1(C)CCC(CN2CCN(c3ccc(C(=O)NS(=O)(=O)c4ccc(NCC5(C#N)CCOCC5)c([N+](=O)[O-])c4)c(Oc4cnc5[nH]ccc5c4)c3)CC2)=C(c2ccc(Cl)cc2)C1. The lowest BCUT2D eigenvalue weighted by Crippen LogP contribution is -2.47. The highest BCUT2D eigenvalue weighted by molar-refractivity contribution is 7.90. The normalized spacial score (nSPS) is 17.8. The summed E-state index contributed by atoms with van der Waals surface area (Å²) in [5.41, 5.74) is 4.41. The number of amides is 1. The van der Waals surface area contributed by atoms with Gasteiger partial charge in [0.25, 0.3) is 21.6 Å². The van der Waals surface area contributed by atoms with Crippen LogP contribution in [-0.2, 0) is 14.8 Å². The van der Waals surface area contributed by atoms with E-state index in [0.29, 0.717) is 50.5 Å². The third kappa shape index (κ3) is 9.97. The molecule has 1 aliphatic carbocycles. The van der Waals surface area contributed by atoms with Crippen molar-refractivity contribution in [1.82, 2.24) is 19.6 Å². The Kier molecular flexibility index (Phi) is 12.5. The Morgan fingerprint density at radius 1 is 1.03 bits per heavy atom. The van der Waals surface area contributed by atoms with Crippen LogP contribution in [-0.4, -0.2) is 86.6 Å². The smallest absolute Gasteiger partial charge is 0.293 e. The maximum atomic E-state index is 13.9. The molecule has 2 fully saturated rings. The maximum absolute atomic E-state index is 13.9. The van der Waals surface area contributed by atoms with Crippen molar-refractivity contribution < 1.29 is 27.6 Å². The van der Waals surface area contributed by atoms with Crippen LogP contribution in [0.1, 0.15) is 61.9 Å². The molecule has 0 atom stereocenters. The molecule has 63 heavy (non-hydrogen) atoms. The molecule has 5 aromatic rings. The number of nitrogens with one attached hydrogen (secondary N) is 3. The molecule has 3 N–H and O–H groups in total. The third-order valence-corrected chi connectivity index (χ3v) is 13.9. The molecule has 0 saturated carbocycles. The minimum atomic E-state index is -4.62. The van der Waals surface area contributed by atoms with Crippen LogP contribution in [0.2, 0.25) is 5.02 Å². The number of benzene rings is 3. The molecule has 15 nitrogen and oxygen atoms in total. The standard InChI is InChI=1S/C46H49ClN8O7S/c1-45(2)13-11-33(39(26-45)31-3-5-34(47)6-4-31)28-53-17-19-54(20-18-53)35-7-9-38(42(24-35)62-36-23-32-12-16-49-43(32)50-27-36)44(56)52-63(59,60)37-8-10-40(41(25-37)55(57)58)51-30-46(29-48)14-21-61-22-15-46/h3-10,12,16,23-25,27,51H,11,13-15,17-22,26,28,30H2,1-2H3,(H,49,50)(H,52,56). The van der Waals surface area contributed by atoms with Crippen LogP contribution in [0.15, 0.2) is 95.7 Å². The van der Waals surface area contributed by atoms with E-state index in [1.807, 2.05) is 18.2 Å². The molecule has 0 spiro atoms. The first kappa shape index (κ1) is 43.7. The van der Waals surface area contributed by atoms with Gasteiger partial charge in [0.1, 0.15) is 22.8 Å². The predicted molar refractivity (Wildman–Crippen MR) is 242 cm³/mol. The highest BCUT2D eigenvalue weighted by Gasteiger charge is 2.34. The van der Waals surface area contributed by atoms with Crippen LogP contribution in [0.25, 0.3) is 16.6 Å². The lowest BCUT2D eigenvalue weighted by atomic mass is 9.72. The fourth-order valence-electron chi connectivity index (χ4n) is 8.55. The molecule has 0 bridgehead atoms. The number of rotatable bonds is 13. The Balaban J connectivity index is 1.01. The second-order valence-electron chi connectivity index (χ2n) is 17.3. The van der Waals surface area contributed by atoms with Gasteiger partial charge >= 0.3 is 0 Å². The summed E-state index contributed by atoms with van der Waals surface area (Å²) in [6.45, 7) is 9.46. The molecule has 2 aromatic heterocycles. The Bertz CT molecular complexity index is 2720. The zero-order chi connectivity index (χ0) is 44.4. The van der Waals surface area contributed by atoms with Crippen molar-refractivity contribution in [2.45, 2.75) is 50.8 Å². The van der Waals surface area contributed by atoms with Gasteiger partial charge in [-0.05, 0) is 97.2 Å². The molecule has 2 aliphatic heterocycles. The van der Waals surface area contributed by atoms with E-state index in [9.17, 15) is 28.6 Å². The molecule has 328 valence electrons. The number of H-pyrrole nitrogens is 1. The average Bonchev–Trinajstić information content (AvgIpc) is 3.75. The summed E-state index contributed by atoms with van der Waals surface area (Å²) in [5.74, 6) is -0.552. The van der Waals surface area contributed by atoms with Crippen molar-refractivity contribution in [3.05, 3.63) is 117 Å². The molecular weight excluding hydrogens is 844 g/mol. The van der Waals surface area contributed by atoms with E-state index in [1.165, 1.54) is 41.1 Å². The molecule has 0 unspecified atom stereocenters. The summed E-state index contributed by atoms with van der Waals surface area (Å²) < 4.78 is 41.2. The predicted octanol–water partition coefficient (Wildman–Crippen LogP) is 8.55. The molecule has 2 saturated heterocycles. The van der Waals surface area contributed by atoms with E-state index < -0.39 is 36.9 Å². The van der Waals surface area contributed by atoms with Crippen LogP contribution in [0, 0.1) is 32.3 Å². The van der Waals surface area contributed by atoms with Gasteiger partial charge in [0.05, 0.1) is 33.1 Å². The average molecular weight is 893 g/mol. The number of carbonyl (C=O) groups is 1. The number of halogens is 1. The van der Waals surface area contributed by atoms with Crippen molar-refractivity contribution in [3.63, 3.8) is 0 Å². The fraction of sp³-hybridized carbons (Fsp3) is 0.370. The molecule has 0 radical (unpaired) electrons. The number of nitro groups is 1. The zero-order valence-electron chi connectivity index (χ0n) is 35.2. The lowest BCUT2D eigenvalue weighted by molar-refractivity contribution is -0.384. The van der Waals surface area contributed by atoms with Crippen LogP contribution < -0.4 is 19.7 Å². The van der Waals surface area contributed by atoms with Gasteiger partial charge in [0.2, 0.25) is 0 Å². The second kappa shape index (κ2) is 18.0. The van der Waals surface area contributed by atoms with Crippen molar-refractivity contribution in [3.8, 4) is 17.6 Å². The fourth-order valence-corrected chi connectivity index (χ4v) is 9.66. The minimum absolute atomic E-state index is 0.0457. The minimum Gasteiger partial charge on any atom is -0.455 e. The summed E-state index contributed by atoms with van der Waals surface area (Å²) >= 11 is 6.24. The second-order valence-corrected chi connectivity index (χ2v) is 19.4. The van der Waals surface area contributed by atoms with Gasteiger partial charge in [-0.1, -0.05) is 43.2 Å². The number of anilines is 2. The third-order valence-electron chi connectivity index (χ3n) is 12.4. The number of carbonyl (C=O) groups excluding carboxylic acids is 1. The van der Waals surface area contributed by atoms with E-state index in [-0.39, 0.29) is 29.0 Å². The number of hydrogen-bond donors (Lipinski definition) is 3. The van der Waals surface area contributed by atoms with E-state index in [4.69, 9.17) is 21.1 Å². The molecule has 3 aromatic carbocycles. The number of aromatic amines is 1. The van der Waals surface area contributed by atoms with E-state index >= 15 is 0 Å². The first-order chi connectivity index (χ1) is 30.2. The van der Waals surface area contributed by atoms with Crippen molar-refractivity contribution in [2.24, 2.45) is 10.8 Å². The number of pyridine rings is 1. The van der Waals surface area contributed by atoms with Gasteiger partial charge in [0.15, 0.2) is 0 Å². The molecule has 3 aliphatic rings. The number of sulfonamides is 1. The van der Waals surface area contributed by atoms with Gasteiger partial charge in [-0.25, -0.2) is 18.1 Å². The van der Waals surface area contributed by atoms with E-state index in [1.54, 1.807) is 24.4 Å². The zero-order valence-corrected chi connectivity index (χ0v) is 36.7. The maximum Gasteiger partial charge on any atom is 0.293 e. The molecule has 4 heterocycles. The Hall–Kier alpha value is -5.99. The van der Waals surface area contributed by atoms with Gasteiger partial charge in [0, 0.05) is 86.9 Å². The first-order valence-corrected chi connectivity index (χ1v) is 22.8. The lowest BCUT2D eigenvalue weighted by Gasteiger charge is -2.39. The number of nitriles is 1. The first-order valence-electron chi connectivity index (χ1n) is 21.0. The number of aromatic nitrogens is 2. The highest BCUT2D eigenvalue weighted by Crippen LogP contribution is 2.44. The number of nitro benzene ring substituents is 1. The van der Waals surface area contributed by atoms with Gasteiger partial charge in [-0.2, -0.15) is 5.26 Å². The van der Waals surface area contributed by atoms with Crippen LogP contribution in [0.4, 0.5) is 17.1 Å². The Morgan fingerprint density at radius 2 is 1.79 bits per heavy atom. The van der Waals surface area contributed by atoms with Crippen LogP contribution in [0.3, 0.4) is 0 Å². The summed E-state index contributed by atoms with van der Waals surface area (Å²) in [5, 5.41) is 26.5.